The van der Waals surface area contributed by atoms with Gasteiger partial charge in [-0.15, -0.1) is 0 Å². The molecule has 0 aliphatic heterocycles. The molecular formula is C18H16N4O5. The Bertz CT molecular complexity index is 917. The van der Waals surface area contributed by atoms with E-state index in [2.05, 4.69) is 5.32 Å². The summed E-state index contributed by atoms with van der Waals surface area (Å²) in [5.41, 5.74) is 11.0. The van der Waals surface area contributed by atoms with Crippen molar-refractivity contribution in [3.63, 3.8) is 0 Å². The van der Waals surface area contributed by atoms with E-state index >= 15 is 0 Å². The van der Waals surface area contributed by atoms with Crippen LogP contribution in [0.5, 0.6) is 11.5 Å². The lowest BCUT2D eigenvalue weighted by molar-refractivity contribution is -0.118. The zero-order valence-corrected chi connectivity index (χ0v) is 14.3. The Morgan fingerprint density at radius 2 is 1.67 bits per heavy atom. The quantitative estimate of drug-likeness (QED) is 0.655. The third kappa shape index (κ3) is 4.96. The van der Waals surface area contributed by atoms with Gasteiger partial charge in [-0.3, -0.25) is 14.4 Å². The zero-order chi connectivity index (χ0) is 20.0. The molecule has 138 valence electrons. The first-order valence-electron chi connectivity index (χ1n) is 7.59. The topological polar surface area (TPSA) is 158 Å². The van der Waals surface area contributed by atoms with E-state index in [-0.39, 0.29) is 29.2 Å². The van der Waals surface area contributed by atoms with E-state index in [4.69, 9.17) is 26.2 Å². The van der Waals surface area contributed by atoms with Crippen molar-refractivity contribution in [3.05, 3.63) is 53.1 Å². The lowest BCUT2D eigenvalue weighted by Crippen LogP contribution is -2.22. The summed E-state index contributed by atoms with van der Waals surface area (Å²) >= 11 is 0. The second kappa shape index (κ2) is 8.35. The summed E-state index contributed by atoms with van der Waals surface area (Å²) in [4.78, 5) is 34.8. The summed E-state index contributed by atoms with van der Waals surface area (Å²) in [7, 11) is 1.41. The number of nitrogens with two attached hydrogens (primary N) is 2. The molecule has 0 saturated carbocycles. The number of rotatable bonds is 7. The van der Waals surface area contributed by atoms with E-state index in [1.807, 2.05) is 6.07 Å². The summed E-state index contributed by atoms with van der Waals surface area (Å²) in [6, 6.07) is 10.3. The number of amides is 3. The molecule has 0 atom stereocenters. The molecule has 0 saturated heterocycles. The molecule has 0 heterocycles. The van der Waals surface area contributed by atoms with Crippen molar-refractivity contribution in [2.75, 3.05) is 19.0 Å². The Kier molecular flexibility index (Phi) is 5.96. The minimum Gasteiger partial charge on any atom is -0.493 e. The summed E-state index contributed by atoms with van der Waals surface area (Å²) in [6.45, 7) is -0.380. The maximum absolute atomic E-state index is 12.1. The normalized spacial score (nSPS) is 9.78. The molecule has 0 radical (unpaired) electrons. The highest BCUT2D eigenvalue weighted by atomic mass is 16.5. The van der Waals surface area contributed by atoms with Gasteiger partial charge in [-0.2, -0.15) is 5.26 Å². The standard InChI is InChI=1S/C18H16N4O5/c1-26-15-4-10(8-19)2-3-14(15)27-9-16(23)22-13-6-11(17(20)24)5-12(7-13)18(21)25/h2-7H,9H2,1H3,(H2,20,24)(H2,21,25)(H,22,23). The molecule has 0 unspecified atom stereocenters. The second-order valence-electron chi connectivity index (χ2n) is 5.34. The number of carbonyl (C=O) groups is 3. The Labute approximate surface area is 154 Å². The number of ether oxygens (including phenoxy) is 2. The molecule has 0 aromatic heterocycles. The number of methoxy groups -OCH3 is 1. The third-order valence-corrected chi connectivity index (χ3v) is 3.44. The second-order valence-corrected chi connectivity index (χ2v) is 5.34. The van der Waals surface area contributed by atoms with E-state index in [0.29, 0.717) is 11.3 Å². The monoisotopic (exact) mass is 368 g/mol. The first kappa shape index (κ1) is 19.3. The van der Waals surface area contributed by atoms with Gasteiger partial charge in [0.15, 0.2) is 18.1 Å². The molecule has 2 aromatic carbocycles. The fourth-order valence-corrected chi connectivity index (χ4v) is 2.18. The van der Waals surface area contributed by atoms with Gasteiger partial charge in [0.05, 0.1) is 18.7 Å². The average Bonchev–Trinajstić information content (AvgIpc) is 2.65. The van der Waals surface area contributed by atoms with Crippen LogP contribution in [0, 0.1) is 11.3 Å². The molecule has 3 amide bonds. The molecule has 0 aliphatic carbocycles. The Morgan fingerprint density at radius 3 is 2.19 bits per heavy atom. The maximum Gasteiger partial charge on any atom is 0.262 e. The van der Waals surface area contributed by atoms with E-state index in [0.717, 1.165) is 0 Å². The molecule has 0 aliphatic rings. The van der Waals surface area contributed by atoms with E-state index in [1.54, 1.807) is 0 Å². The maximum atomic E-state index is 12.1. The van der Waals surface area contributed by atoms with Crippen molar-refractivity contribution < 1.29 is 23.9 Å². The summed E-state index contributed by atoms with van der Waals surface area (Å²) in [6.07, 6.45) is 0. The number of nitrogens with one attached hydrogen (secondary N) is 1. The van der Waals surface area contributed by atoms with Crippen molar-refractivity contribution in [2.24, 2.45) is 11.5 Å². The smallest absolute Gasteiger partial charge is 0.262 e. The molecule has 9 nitrogen and oxygen atoms in total. The molecule has 5 N–H and O–H groups in total. The van der Waals surface area contributed by atoms with Gasteiger partial charge in [0.2, 0.25) is 11.8 Å². The number of carbonyl (C=O) groups excluding carboxylic acids is 3. The predicted octanol–water partition coefficient (Wildman–Crippen LogP) is 0.782. The van der Waals surface area contributed by atoms with Gasteiger partial charge in [-0.1, -0.05) is 0 Å². The third-order valence-electron chi connectivity index (χ3n) is 3.44. The fraction of sp³-hybridized carbons (Fsp3) is 0.111. The molecule has 0 bridgehead atoms. The van der Waals surface area contributed by atoms with Crippen molar-refractivity contribution in [1.82, 2.24) is 0 Å². The van der Waals surface area contributed by atoms with Crippen molar-refractivity contribution >= 4 is 23.4 Å². The van der Waals surface area contributed by atoms with Crippen LogP contribution in [0.25, 0.3) is 0 Å². The van der Waals surface area contributed by atoms with Crippen LogP contribution in [-0.2, 0) is 4.79 Å². The minimum atomic E-state index is -0.771. The SMILES string of the molecule is COc1cc(C#N)ccc1OCC(=O)Nc1cc(C(N)=O)cc(C(N)=O)c1. The zero-order valence-electron chi connectivity index (χ0n) is 14.3. The highest BCUT2D eigenvalue weighted by molar-refractivity contribution is 6.01. The number of nitriles is 1. The number of benzene rings is 2. The lowest BCUT2D eigenvalue weighted by Gasteiger charge is -2.12. The molecule has 9 heteroatoms. The average molecular weight is 368 g/mol. The van der Waals surface area contributed by atoms with Gasteiger partial charge in [0.25, 0.3) is 5.91 Å². The van der Waals surface area contributed by atoms with Crippen LogP contribution in [0.15, 0.2) is 36.4 Å². The largest absolute Gasteiger partial charge is 0.493 e. The highest BCUT2D eigenvalue weighted by Crippen LogP contribution is 2.27. The van der Waals surface area contributed by atoms with Crippen LogP contribution in [0.4, 0.5) is 5.69 Å². The van der Waals surface area contributed by atoms with E-state index < -0.39 is 17.7 Å². The van der Waals surface area contributed by atoms with Gasteiger partial charge >= 0.3 is 0 Å². The number of hydrogen-bond acceptors (Lipinski definition) is 6. The van der Waals surface area contributed by atoms with Gasteiger partial charge in [-0.25, -0.2) is 0 Å². The molecule has 2 rings (SSSR count). The molecule has 0 spiro atoms. The Hall–Kier alpha value is -4.06. The summed E-state index contributed by atoms with van der Waals surface area (Å²) in [5, 5.41) is 11.4. The number of primary amides is 2. The van der Waals surface area contributed by atoms with Gasteiger partial charge < -0.3 is 26.3 Å². The fourth-order valence-electron chi connectivity index (χ4n) is 2.18. The number of anilines is 1. The van der Waals surface area contributed by atoms with Crippen molar-refractivity contribution in [2.45, 2.75) is 0 Å². The van der Waals surface area contributed by atoms with E-state index in [1.165, 1.54) is 43.5 Å². The minimum absolute atomic E-state index is 0.0243. The van der Waals surface area contributed by atoms with Crippen molar-refractivity contribution in [3.8, 4) is 17.6 Å². The number of hydrogen-bond donors (Lipinski definition) is 3. The van der Waals surface area contributed by atoms with E-state index in [9.17, 15) is 14.4 Å². The predicted molar refractivity (Wildman–Crippen MR) is 95.3 cm³/mol. The van der Waals surface area contributed by atoms with Crippen LogP contribution < -0.4 is 26.3 Å². The van der Waals surface area contributed by atoms with Gasteiger partial charge in [0, 0.05) is 22.9 Å². The molecule has 0 fully saturated rings. The van der Waals surface area contributed by atoms with Gasteiger partial charge in [0.1, 0.15) is 0 Å². The van der Waals surface area contributed by atoms with Crippen LogP contribution >= 0.6 is 0 Å². The summed E-state index contributed by atoms with van der Waals surface area (Å²) in [5.74, 6) is -1.53. The Balaban J connectivity index is 2.11. The van der Waals surface area contributed by atoms with Crippen LogP contribution in [0.1, 0.15) is 26.3 Å². The van der Waals surface area contributed by atoms with Crippen LogP contribution in [0.2, 0.25) is 0 Å². The Morgan fingerprint density at radius 1 is 1.04 bits per heavy atom. The number of nitrogens with zero attached hydrogens (tertiary/aromatic N) is 1. The first-order chi connectivity index (χ1) is 12.8. The molecule has 2 aromatic rings. The molecule has 27 heavy (non-hydrogen) atoms. The van der Waals surface area contributed by atoms with Crippen LogP contribution in [-0.4, -0.2) is 31.4 Å². The van der Waals surface area contributed by atoms with Crippen LogP contribution in [0.3, 0.4) is 0 Å². The summed E-state index contributed by atoms with van der Waals surface area (Å²) < 4.78 is 10.5. The van der Waals surface area contributed by atoms with Gasteiger partial charge in [-0.05, 0) is 30.3 Å². The molecular weight excluding hydrogens is 352 g/mol. The lowest BCUT2D eigenvalue weighted by atomic mass is 10.1. The highest BCUT2D eigenvalue weighted by Gasteiger charge is 2.12. The van der Waals surface area contributed by atoms with Crippen molar-refractivity contribution in [1.29, 1.82) is 5.26 Å². The first-order valence-corrected chi connectivity index (χ1v) is 7.59.